The molecule has 1 aliphatic rings. The number of carbonyl (C=O) groups is 2. The Morgan fingerprint density at radius 2 is 1.88 bits per heavy atom. The van der Waals surface area contributed by atoms with E-state index >= 15 is 0 Å². The summed E-state index contributed by atoms with van der Waals surface area (Å²) in [6.45, 7) is 1.93. The first-order valence-electron chi connectivity index (χ1n) is 7.32. The molecule has 2 rings (SSSR count). The number of hydrogen-bond donors (Lipinski definition) is 2. The maximum absolute atomic E-state index is 12.1. The predicted octanol–water partition coefficient (Wildman–Crippen LogP) is 1.12. The van der Waals surface area contributed by atoms with Gasteiger partial charge in [0.1, 0.15) is 17.4 Å². The minimum absolute atomic E-state index is 0.0328. The van der Waals surface area contributed by atoms with Gasteiger partial charge in [-0.05, 0) is 24.3 Å². The van der Waals surface area contributed by atoms with Crippen molar-refractivity contribution in [1.82, 2.24) is 9.80 Å². The van der Waals surface area contributed by atoms with Crippen LogP contribution in [0.25, 0.3) is 0 Å². The molecule has 0 radical (unpaired) electrons. The highest BCUT2D eigenvalue weighted by atomic mass is 16.5. The SMILES string of the molecule is COC(=O)N1CCN(/C=C(/C#N)C(=O)Nc2ccc(O)cc2)CC1. The highest BCUT2D eigenvalue weighted by Crippen LogP contribution is 2.15. The zero-order chi connectivity index (χ0) is 17.5. The lowest BCUT2D eigenvalue weighted by Gasteiger charge is -2.33. The largest absolute Gasteiger partial charge is 0.508 e. The molecule has 0 bridgehead atoms. The van der Waals surface area contributed by atoms with Crippen molar-refractivity contribution in [2.45, 2.75) is 0 Å². The topological polar surface area (TPSA) is 106 Å². The number of aromatic hydroxyl groups is 1. The molecule has 126 valence electrons. The van der Waals surface area contributed by atoms with Gasteiger partial charge in [0.2, 0.25) is 0 Å². The summed E-state index contributed by atoms with van der Waals surface area (Å²) in [4.78, 5) is 26.9. The van der Waals surface area contributed by atoms with Crippen molar-refractivity contribution in [3.63, 3.8) is 0 Å². The first-order chi connectivity index (χ1) is 11.5. The van der Waals surface area contributed by atoms with Gasteiger partial charge in [-0.25, -0.2) is 4.79 Å². The molecular formula is C16H18N4O4. The van der Waals surface area contributed by atoms with Crippen molar-refractivity contribution in [2.75, 3.05) is 38.6 Å². The van der Waals surface area contributed by atoms with E-state index in [0.29, 0.717) is 31.9 Å². The van der Waals surface area contributed by atoms with Crippen molar-refractivity contribution < 1.29 is 19.4 Å². The van der Waals surface area contributed by atoms with Crippen LogP contribution in [0.5, 0.6) is 5.75 Å². The predicted molar refractivity (Wildman–Crippen MR) is 86.0 cm³/mol. The first kappa shape index (κ1) is 17.1. The second-order valence-corrected chi connectivity index (χ2v) is 5.15. The number of hydrogen-bond acceptors (Lipinski definition) is 6. The average Bonchev–Trinajstić information content (AvgIpc) is 2.61. The van der Waals surface area contributed by atoms with Crippen LogP contribution in [0, 0.1) is 11.3 Å². The number of benzene rings is 1. The summed E-state index contributed by atoms with van der Waals surface area (Å²) in [6, 6.07) is 7.84. The number of amides is 2. The Labute approximate surface area is 139 Å². The summed E-state index contributed by atoms with van der Waals surface area (Å²) in [5, 5.41) is 21.0. The number of piperazine rings is 1. The number of methoxy groups -OCH3 is 1. The molecule has 0 aromatic heterocycles. The zero-order valence-corrected chi connectivity index (χ0v) is 13.2. The molecule has 1 fully saturated rings. The summed E-state index contributed by atoms with van der Waals surface area (Å²) in [7, 11) is 1.33. The summed E-state index contributed by atoms with van der Waals surface area (Å²) < 4.78 is 4.66. The maximum atomic E-state index is 12.1. The Kier molecular flexibility index (Phi) is 5.63. The Balaban J connectivity index is 1.97. The molecular weight excluding hydrogens is 312 g/mol. The summed E-state index contributed by atoms with van der Waals surface area (Å²) >= 11 is 0. The van der Waals surface area contributed by atoms with Gasteiger partial charge >= 0.3 is 6.09 Å². The number of carbonyl (C=O) groups excluding carboxylic acids is 2. The van der Waals surface area contributed by atoms with Gasteiger partial charge in [-0.2, -0.15) is 5.26 Å². The van der Waals surface area contributed by atoms with E-state index in [4.69, 9.17) is 0 Å². The first-order valence-corrected chi connectivity index (χ1v) is 7.32. The Morgan fingerprint density at radius 3 is 2.42 bits per heavy atom. The van der Waals surface area contributed by atoms with Crippen molar-refractivity contribution >= 4 is 17.7 Å². The number of ether oxygens (including phenoxy) is 1. The lowest BCUT2D eigenvalue weighted by Crippen LogP contribution is -2.47. The molecule has 0 unspecified atom stereocenters. The van der Waals surface area contributed by atoms with E-state index in [1.165, 1.54) is 37.6 Å². The zero-order valence-electron chi connectivity index (χ0n) is 13.2. The van der Waals surface area contributed by atoms with Crippen LogP contribution in [0.15, 0.2) is 36.0 Å². The minimum atomic E-state index is -0.529. The van der Waals surface area contributed by atoms with Crippen LogP contribution >= 0.6 is 0 Å². The van der Waals surface area contributed by atoms with Crippen LogP contribution in [-0.2, 0) is 9.53 Å². The van der Waals surface area contributed by atoms with Gasteiger partial charge in [0.15, 0.2) is 0 Å². The second-order valence-electron chi connectivity index (χ2n) is 5.15. The molecule has 1 aromatic carbocycles. The summed E-state index contributed by atoms with van der Waals surface area (Å²) in [5.41, 5.74) is 0.448. The second kappa shape index (κ2) is 7.87. The molecule has 1 aromatic rings. The molecule has 2 amide bonds. The van der Waals surface area contributed by atoms with Crippen LogP contribution in [-0.4, -0.2) is 60.2 Å². The number of rotatable bonds is 3. The Hall–Kier alpha value is -3.21. The fourth-order valence-corrected chi connectivity index (χ4v) is 2.23. The van der Waals surface area contributed by atoms with Gasteiger partial charge < -0.3 is 25.0 Å². The monoisotopic (exact) mass is 330 g/mol. The summed E-state index contributed by atoms with van der Waals surface area (Å²) in [6.07, 6.45) is 1.11. The molecule has 8 heteroatoms. The van der Waals surface area contributed by atoms with Gasteiger partial charge in [-0.15, -0.1) is 0 Å². The molecule has 1 saturated heterocycles. The van der Waals surface area contributed by atoms with Crippen LogP contribution in [0.3, 0.4) is 0 Å². The number of nitrogens with one attached hydrogen (secondary N) is 1. The number of phenols is 1. The van der Waals surface area contributed by atoms with E-state index in [9.17, 15) is 20.0 Å². The number of nitrogens with zero attached hydrogens (tertiary/aromatic N) is 3. The van der Waals surface area contributed by atoms with Crippen molar-refractivity contribution in [3.8, 4) is 11.8 Å². The molecule has 1 heterocycles. The average molecular weight is 330 g/mol. The van der Waals surface area contributed by atoms with Gasteiger partial charge in [0.25, 0.3) is 5.91 Å². The number of nitriles is 1. The third kappa shape index (κ3) is 4.39. The van der Waals surface area contributed by atoms with E-state index in [0.717, 1.165) is 0 Å². The summed E-state index contributed by atoms with van der Waals surface area (Å²) in [5.74, 6) is -0.439. The minimum Gasteiger partial charge on any atom is -0.508 e. The van der Waals surface area contributed by atoms with E-state index in [-0.39, 0.29) is 17.4 Å². The number of anilines is 1. The third-order valence-corrected chi connectivity index (χ3v) is 3.55. The Bertz CT molecular complexity index is 670. The van der Waals surface area contributed by atoms with E-state index in [1.54, 1.807) is 4.90 Å². The normalized spacial score (nSPS) is 14.8. The van der Waals surface area contributed by atoms with Crippen LogP contribution < -0.4 is 5.32 Å². The lowest BCUT2D eigenvalue weighted by molar-refractivity contribution is -0.112. The van der Waals surface area contributed by atoms with Gasteiger partial charge in [0, 0.05) is 38.1 Å². The Morgan fingerprint density at radius 1 is 1.25 bits per heavy atom. The number of phenolic OH excluding ortho intramolecular Hbond substituents is 1. The van der Waals surface area contributed by atoms with Gasteiger partial charge in [0.05, 0.1) is 7.11 Å². The van der Waals surface area contributed by atoms with Crippen molar-refractivity contribution in [2.24, 2.45) is 0 Å². The smallest absolute Gasteiger partial charge is 0.409 e. The van der Waals surface area contributed by atoms with Crippen molar-refractivity contribution in [3.05, 3.63) is 36.0 Å². The highest BCUT2D eigenvalue weighted by Gasteiger charge is 2.21. The molecule has 0 spiro atoms. The third-order valence-electron chi connectivity index (χ3n) is 3.55. The van der Waals surface area contributed by atoms with Crippen LogP contribution in [0.4, 0.5) is 10.5 Å². The van der Waals surface area contributed by atoms with E-state index in [1.807, 2.05) is 11.0 Å². The molecule has 2 N–H and O–H groups in total. The lowest BCUT2D eigenvalue weighted by atomic mass is 10.2. The van der Waals surface area contributed by atoms with Crippen LogP contribution in [0.2, 0.25) is 0 Å². The maximum Gasteiger partial charge on any atom is 0.409 e. The quantitative estimate of drug-likeness (QED) is 0.489. The molecule has 8 nitrogen and oxygen atoms in total. The fourth-order valence-electron chi connectivity index (χ4n) is 2.23. The molecule has 0 aliphatic carbocycles. The van der Waals surface area contributed by atoms with Gasteiger partial charge in [-0.1, -0.05) is 0 Å². The van der Waals surface area contributed by atoms with Gasteiger partial charge in [-0.3, -0.25) is 4.79 Å². The van der Waals surface area contributed by atoms with Crippen molar-refractivity contribution in [1.29, 1.82) is 5.26 Å². The molecule has 0 atom stereocenters. The molecule has 0 saturated carbocycles. The fraction of sp³-hybridized carbons (Fsp3) is 0.312. The van der Waals surface area contributed by atoms with E-state index in [2.05, 4.69) is 10.1 Å². The van der Waals surface area contributed by atoms with E-state index < -0.39 is 5.91 Å². The molecule has 1 aliphatic heterocycles. The molecule has 24 heavy (non-hydrogen) atoms. The van der Waals surface area contributed by atoms with Crippen LogP contribution in [0.1, 0.15) is 0 Å². The standard InChI is InChI=1S/C16H18N4O4/c1-24-16(23)20-8-6-19(7-9-20)11-12(10-17)15(22)18-13-2-4-14(21)5-3-13/h2-5,11,21H,6-9H2,1H3,(H,18,22)/b12-11-. The highest BCUT2D eigenvalue weighted by molar-refractivity contribution is 6.06.